The van der Waals surface area contributed by atoms with Gasteiger partial charge in [-0.25, -0.2) is 4.39 Å². The molecular formula is C34H40FN5O4. The van der Waals surface area contributed by atoms with Gasteiger partial charge in [0.2, 0.25) is 5.91 Å². The van der Waals surface area contributed by atoms with Gasteiger partial charge in [-0.3, -0.25) is 14.4 Å². The molecule has 2 aliphatic rings. The van der Waals surface area contributed by atoms with Crippen LogP contribution in [-0.2, 0) is 11.2 Å². The zero-order valence-corrected chi connectivity index (χ0v) is 25.1. The number of hydrogen-bond donors (Lipinski definition) is 3. The van der Waals surface area contributed by atoms with Gasteiger partial charge in [0.15, 0.2) is 0 Å². The number of amides is 3. The Balaban J connectivity index is 1.33. The standard InChI is InChI=1S/C34H40FN5O4/c1-44-29-13-6-23(7-14-29)20-32(41)38-30-22-24(33(42)37-28-11-9-27(36)10-12-28)8-15-31(30)39-16-3-17-40(19-18-39)34(43)25-4-2-5-26(35)21-25/h2,4-8,13-15,21-22,27-28H,3,9-12,16-20,36H2,1H3,(H,37,42)(H,38,41). The fraction of sp³-hybridized carbons (Fsp3) is 0.382. The van der Waals surface area contributed by atoms with Crippen molar-refractivity contribution in [1.82, 2.24) is 10.2 Å². The van der Waals surface area contributed by atoms with Gasteiger partial charge in [0.25, 0.3) is 11.8 Å². The Hall–Kier alpha value is -4.44. The highest BCUT2D eigenvalue weighted by molar-refractivity contribution is 6.00. The third kappa shape index (κ3) is 7.93. The minimum absolute atomic E-state index is 0.0716. The van der Waals surface area contributed by atoms with Crippen molar-refractivity contribution in [2.45, 2.75) is 50.6 Å². The third-order valence-electron chi connectivity index (χ3n) is 8.36. The zero-order valence-electron chi connectivity index (χ0n) is 25.1. The van der Waals surface area contributed by atoms with E-state index in [1.54, 1.807) is 30.2 Å². The summed E-state index contributed by atoms with van der Waals surface area (Å²) in [7, 11) is 1.59. The number of anilines is 2. The van der Waals surface area contributed by atoms with Crippen LogP contribution < -0.4 is 26.0 Å². The van der Waals surface area contributed by atoms with E-state index in [1.807, 2.05) is 30.3 Å². The summed E-state index contributed by atoms with van der Waals surface area (Å²) in [4.78, 5) is 43.4. The average molecular weight is 602 g/mol. The number of methoxy groups -OCH3 is 1. The van der Waals surface area contributed by atoms with Crippen molar-refractivity contribution in [3.63, 3.8) is 0 Å². The maximum absolute atomic E-state index is 13.8. The second-order valence-corrected chi connectivity index (χ2v) is 11.5. The molecule has 1 aliphatic heterocycles. The Morgan fingerprint density at radius 3 is 2.41 bits per heavy atom. The van der Waals surface area contributed by atoms with Crippen LogP contribution in [0.1, 0.15) is 58.4 Å². The van der Waals surface area contributed by atoms with Gasteiger partial charge in [0.1, 0.15) is 11.6 Å². The van der Waals surface area contributed by atoms with Crippen LogP contribution in [0.15, 0.2) is 66.7 Å². The number of hydrogen-bond acceptors (Lipinski definition) is 6. The van der Waals surface area contributed by atoms with Crippen molar-refractivity contribution in [3.8, 4) is 5.75 Å². The topological polar surface area (TPSA) is 117 Å². The number of carbonyl (C=O) groups is 3. The van der Waals surface area contributed by atoms with Gasteiger partial charge >= 0.3 is 0 Å². The highest BCUT2D eigenvalue weighted by Crippen LogP contribution is 2.30. The monoisotopic (exact) mass is 601 g/mol. The molecule has 10 heteroatoms. The van der Waals surface area contributed by atoms with Crippen LogP contribution in [0.3, 0.4) is 0 Å². The number of ether oxygens (including phenoxy) is 1. The van der Waals surface area contributed by atoms with Gasteiger partial charge in [-0.15, -0.1) is 0 Å². The molecule has 0 spiro atoms. The smallest absolute Gasteiger partial charge is 0.254 e. The molecule has 0 radical (unpaired) electrons. The van der Waals surface area contributed by atoms with E-state index >= 15 is 0 Å². The molecule has 1 saturated heterocycles. The number of nitrogens with zero attached hydrogens (tertiary/aromatic N) is 2. The Bertz CT molecular complexity index is 1470. The summed E-state index contributed by atoms with van der Waals surface area (Å²) in [5.74, 6) is -0.354. The van der Waals surface area contributed by atoms with Crippen LogP contribution in [0, 0.1) is 5.82 Å². The van der Waals surface area contributed by atoms with Crippen molar-refractivity contribution in [3.05, 3.63) is 89.2 Å². The van der Waals surface area contributed by atoms with Gasteiger partial charge in [0, 0.05) is 49.4 Å². The van der Waals surface area contributed by atoms with Gasteiger partial charge < -0.3 is 30.9 Å². The summed E-state index contributed by atoms with van der Waals surface area (Å²) in [6.07, 6.45) is 4.28. The van der Waals surface area contributed by atoms with Gasteiger partial charge in [-0.2, -0.15) is 0 Å². The fourth-order valence-corrected chi connectivity index (χ4v) is 5.87. The molecule has 9 nitrogen and oxygen atoms in total. The molecule has 1 aliphatic carbocycles. The van der Waals surface area contributed by atoms with E-state index in [0.29, 0.717) is 55.2 Å². The second kappa shape index (κ2) is 14.4. The Labute approximate surface area is 257 Å². The summed E-state index contributed by atoms with van der Waals surface area (Å²) < 4.78 is 19.0. The highest BCUT2D eigenvalue weighted by atomic mass is 19.1. The normalized spacial score (nSPS) is 18.7. The van der Waals surface area contributed by atoms with Crippen molar-refractivity contribution in [2.75, 3.05) is 43.5 Å². The third-order valence-corrected chi connectivity index (χ3v) is 8.36. The molecule has 3 aromatic rings. The summed E-state index contributed by atoms with van der Waals surface area (Å²) in [5, 5.41) is 6.18. The van der Waals surface area contributed by atoms with E-state index in [9.17, 15) is 18.8 Å². The maximum Gasteiger partial charge on any atom is 0.254 e. The first kappa shape index (κ1) is 31.0. The Morgan fingerprint density at radius 1 is 0.909 bits per heavy atom. The molecule has 3 amide bonds. The van der Waals surface area contributed by atoms with E-state index in [4.69, 9.17) is 10.5 Å². The minimum Gasteiger partial charge on any atom is -0.497 e. The quantitative estimate of drug-likeness (QED) is 0.353. The molecule has 0 aromatic heterocycles. The lowest BCUT2D eigenvalue weighted by atomic mass is 9.91. The van der Waals surface area contributed by atoms with Gasteiger partial charge in [0.05, 0.1) is 24.9 Å². The Kier molecular flexibility index (Phi) is 10.1. The van der Waals surface area contributed by atoms with Crippen molar-refractivity contribution in [1.29, 1.82) is 0 Å². The summed E-state index contributed by atoms with van der Waals surface area (Å²) in [6, 6.07) is 18.7. The highest BCUT2D eigenvalue weighted by Gasteiger charge is 2.25. The lowest BCUT2D eigenvalue weighted by molar-refractivity contribution is -0.115. The molecular weight excluding hydrogens is 561 g/mol. The van der Waals surface area contributed by atoms with E-state index in [2.05, 4.69) is 15.5 Å². The molecule has 1 heterocycles. The van der Waals surface area contributed by atoms with Gasteiger partial charge in [-0.05, 0) is 86.2 Å². The van der Waals surface area contributed by atoms with Crippen molar-refractivity contribution in [2.24, 2.45) is 5.73 Å². The van der Waals surface area contributed by atoms with Crippen molar-refractivity contribution < 1.29 is 23.5 Å². The predicted octanol–water partition coefficient (Wildman–Crippen LogP) is 4.37. The number of carbonyl (C=O) groups excluding carboxylic acids is 3. The number of halogens is 1. The molecule has 0 atom stereocenters. The number of benzene rings is 3. The van der Waals surface area contributed by atoms with E-state index in [-0.39, 0.29) is 36.2 Å². The van der Waals surface area contributed by atoms with Gasteiger partial charge in [-0.1, -0.05) is 18.2 Å². The number of nitrogens with two attached hydrogens (primary N) is 1. The summed E-state index contributed by atoms with van der Waals surface area (Å²) >= 11 is 0. The first-order chi connectivity index (χ1) is 21.3. The number of rotatable bonds is 8. The lowest BCUT2D eigenvalue weighted by Gasteiger charge is -2.28. The summed E-state index contributed by atoms with van der Waals surface area (Å²) in [6.45, 7) is 2.11. The molecule has 232 valence electrons. The second-order valence-electron chi connectivity index (χ2n) is 11.5. The number of nitrogens with one attached hydrogen (secondary N) is 2. The zero-order chi connectivity index (χ0) is 31.1. The van der Waals surface area contributed by atoms with E-state index in [0.717, 1.165) is 36.9 Å². The SMILES string of the molecule is COc1ccc(CC(=O)Nc2cc(C(=O)NC3CCC(N)CC3)ccc2N2CCCN(C(=O)c3cccc(F)c3)CC2)cc1. The molecule has 1 saturated carbocycles. The van der Waals surface area contributed by atoms with Crippen LogP contribution in [0.4, 0.5) is 15.8 Å². The lowest BCUT2D eigenvalue weighted by Crippen LogP contribution is -2.40. The molecule has 0 bridgehead atoms. The first-order valence-corrected chi connectivity index (χ1v) is 15.2. The molecule has 44 heavy (non-hydrogen) atoms. The average Bonchev–Trinajstić information content (AvgIpc) is 3.28. The largest absolute Gasteiger partial charge is 0.497 e. The first-order valence-electron chi connectivity index (χ1n) is 15.2. The van der Waals surface area contributed by atoms with Crippen LogP contribution in [-0.4, -0.2) is 68.0 Å². The molecule has 5 rings (SSSR count). The van der Waals surface area contributed by atoms with E-state index in [1.165, 1.54) is 18.2 Å². The van der Waals surface area contributed by atoms with Crippen LogP contribution >= 0.6 is 0 Å². The van der Waals surface area contributed by atoms with Crippen LogP contribution in [0.2, 0.25) is 0 Å². The minimum atomic E-state index is -0.446. The van der Waals surface area contributed by atoms with Crippen LogP contribution in [0.5, 0.6) is 5.75 Å². The molecule has 2 fully saturated rings. The molecule has 0 unspecified atom stereocenters. The van der Waals surface area contributed by atoms with Crippen molar-refractivity contribution >= 4 is 29.1 Å². The fourth-order valence-electron chi connectivity index (χ4n) is 5.87. The summed E-state index contributed by atoms with van der Waals surface area (Å²) in [5.41, 5.74) is 8.95. The maximum atomic E-state index is 13.8. The molecule has 4 N–H and O–H groups in total. The predicted molar refractivity (Wildman–Crippen MR) is 169 cm³/mol. The molecule has 3 aromatic carbocycles. The Morgan fingerprint density at radius 2 is 1.68 bits per heavy atom. The van der Waals surface area contributed by atoms with E-state index < -0.39 is 5.82 Å². The van der Waals surface area contributed by atoms with Crippen LogP contribution in [0.25, 0.3) is 0 Å².